The molecule has 0 unspecified atom stereocenters. The second kappa shape index (κ2) is 8.80. The molecule has 2 rings (SSSR count). The Balaban J connectivity index is 1.91. The Morgan fingerprint density at radius 1 is 1.21 bits per heavy atom. The van der Waals surface area contributed by atoms with Crippen molar-refractivity contribution in [2.24, 2.45) is 0 Å². The number of carbonyl (C=O) groups excluding carboxylic acids is 1. The van der Waals surface area contributed by atoms with Gasteiger partial charge in [0.2, 0.25) is 0 Å². The Bertz CT molecular complexity index is 450. The molecule has 2 aliphatic rings. The van der Waals surface area contributed by atoms with E-state index in [9.17, 15) is 4.79 Å². The van der Waals surface area contributed by atoms with Crippen molar-refractivity contribution in [3.63, 3.8) is 0 Å². The molecule has 8 heteroatoms. The summed E-state index contributed by atoms with van der Waals surface area (Å²) in [5, 5.41) is 0. The van der Waals surface area contributed by atoms with E-state index in [0.717, 1.165) is 5.75 Å². The molecule has 2 aliphatic heterocycles. The normalized spacial score (nSPS) is 18.6. The van der Waals surface area contributed by atoms with Crippen molar-refractivity contribution in [2.75, 3.05) is 19.1 Å². The maximum absolute atomic E-state index is 11.1. The zero-order chi connectivity index (χ0) is 13.7. The first-order chi connectivity index (χ1) is 9.24. The van der Waals surface area contributed by atoms with E-state index in [1.165, 1.54) is 7.11 Å². The summed E-state index contributed by atoms with van der Waals surface area (Å²) in [6.07, 6.45) is 2.71. The molecular formula is C11H12O2S2Se4. The second-order valence-electron chi connectivity index (χ2n) is 3.24. The molecule has 0 fully saturated rings. The number of hydrogen-bond donors (Lipinski definition) is 0. The molecule has 0 bridgehead atoms. The molecule has 0 atom stereocenters. The summed E-state index contributed by atoms with van der Waals surface area (Å²) < 4.78 is 11.4. The predicted octanol–water partition coefficient (Wildman–Crippen LogP) is 1.21. The van der Waals surface area contributed by atoms with Gasteiger partial charge in [-0.1, -0.05) is 0 Å². The minimum absolute atomic E-state index is 0.0972. The summed E-state index contributed by atoms with van der Waals surface area (Å²) in [4.78, 5) is 15.9. The molecule has 0 aliphatic carbocycles. The third kappa shape index (κ3) is 5.00. The van der Waals surface area contributed by atoms with E-state index in [1.807, 2.05) is 23.5 Å². The van der Waals surface area contributed by atoms with Crippen molar-refractivity contribution in [2.45, 2.75) is 6.42 Å². The molecule has 0 aromatic carbocycles. The van der Waals surface area contributed by atoms with Crippen LogP contribution in [0.4, 0.5) is 0 Å². The zero-order valence-electron chi connectivity index (χ0n) is 10.3. The van der Waals surface area contributed by atoms with Crippen LogP contribution in [0.1, 0.15) is 6.42 Å². The van der Waals surface area contributed by atoms with Crippen LogP contribution in [-0.2, 0) is 9.53 Å². The number of methoxy groups -OCH3 is 1. The van der Waals surface area contributed by atoms with Crippen LogP contribution < -0.4 is 0 Å². The number of esters is 1. The Labute approximate surface area is 147 Å². The minimum atomic E-state index is -0.0972. The molecule has 104 valence electrons. The number of hydrogen-bond acceptors (Lipinski definition) is 4. The molecule has 19 heavy (non-hydrogen) atoms. The van der Waals surface area contributed by atoms with Crippen LogP contribution in [0.15, 0.2) is 24.3 Å². The molecule has 2 heterocycles. The van der Waals surface area contributed by atoms with Crippen LogP contribution in [0, 0.1) is 0 Å². The Morgan fingerprint density at radius 2 is 1.89 bits per heavy atom. The van der Waals surface area contributed by atoms with Gasteiger partial charge in [-0.15, -0.1) is 0 Å². The van der Waals surface area contributed by atoms with E-state index in [0.29, 0.717) is 66.2 Å². The number of ether oxygens (including phenoxy) is 1. The van der Waals surface area contributed by atoms with Crippen molar-refractivity contribution in [3.05, 3.63) is 24.3 Å². The van der Waals surface area contributed by atoms with Crippen molar-refractivity contribution in [1.82, 2.24) is 0 Å². The average molecular weight is 556 g/mol. The fourth-order valence-electron chi connectivity index (χ4n) is 1.20. The first kappa shape index (κ1) is 16.8. The summed E-state index contributed by atoms with van der Waals surface area (Å²) in [5.41, 5.74) is 0. The zero-order valence-corrected chi connectivity index (χ0v) is 18.8. The van der Waals surface area contributed by atoms with E-state index >= 15 is 0 Å². The first-order valence-corrected chi connectivity index (χ1v) is 14.6. The molecule has 0 saturated heterocycles. The van der Waals surface area contributed by atoms with E-state index in [2.05, 4.69) is 16.2 Å². The van der Waals surface area contributed by atoms with Crippen LogP contribution in [-0.4, -0.2) is 84.9 Å². The predicted molar refractivity (Wildman–Crippen MR) is 88.8 cm³/mol. The van der Waals surface area contributed by atoms with Gasteiger partial charge >= 0.3 is 149 Å². The quantitative estimate of drug-likeness (QED) is 0.376. The van der Waals surface area contributed by atoms with Gasteiger partial charge in [0.05, 0.1) is 0 Å². The molecule has 0 spiro atoms. The van der Waals surface area contributed by atoms with Crippen LogP contribution in [0.25, 0.3) is 0 Å². The van der Waals surface area contributed by atoms with E-state index < -0.39 is 0 Å². The Hall–Kier alpha value is 1.47. The third-order valence-electron chi connectivity index (χ3n) is 2.06. The molecule has 0 amide bonds. The van der Waals surface area contributed by atoms with E-state index in [1.54, 1.807) is 14.3 Å². The van der Waals surface area contributed by atoms with Crippen LogP contribution in [0.2, 0.25) is 0 Å². The topological polar surface area (TPSA) is 26.3 Å². The van der Waals surface area contributed by atoms with Crippen molar-refractivity contribution in [3.8, 4) is 0 Å². The molecule has 0 aromatic rings. The van der Waals surface area contributed by atoms with Crippen LogP contribution in [0.5, 0.6) is 0 Å². The molecular weight excluding hydrogens is 544 g/mol. The molecule has 0 radical (unpaired) electrons. The van der Waals surface area contributed by atoms with Gasteiger partial charge < -0.3 is 0 Å². The molecule has 0 saturated carbocycles. The van der Waals surface area contributed by atoms with E-state index in [4.69, 9.17) is 4.74 Å². The monoisotopic (exact) mass is 560 g/mol. The third-order valence-corrected chi connectivity index (χ3v) is 21.1. The van der Waals surface area contributed by atoms with Crippen LogP contribution in [0.3, 0.4) is 0 Å². The van der Waals surface area contributed by atoms with Gasteiger partial charge in [0.15, 0.2) is 0 Å². The second-order valence-corrected chi connectivity index (χ2v) is 17.1. The van der Waals surface area contributed by atoms with E-state index in [-0.39, 0.29) is 5.97 Å². The van der Waals surface area contributed by atoms with Crippen molar-refractivity contribution < 1.29 is 9.53 Å². The fourth-order valence-corrected chi connectivity index (χ4v) is 20.2. The summed E-state index contributed by atoms with van der Waals surface area (Å²) in [6, 6.07) is 0. The Morgan fingerprint density at radius 3 is 2.53 bits per heavy atom. The standard InChI is InChI=1S/C11H12O2S2Se4/c1-13-7(12)3-4-15-9-8(14-2)18-11(19-9)10-16-5-6-17-10/h5-6H,3-4H2,1-2H3. The SMILES string of the molecule is COC(=O)CCSC1=C(SC)[Se]C(=C2[Se]C=C[Se]2)[Se]1. The summed E-state index contributed by atoms with van der Waals surface area (Å²) in [5.74, 6) is 0.765. The summed E-state index contributed by atoms with van der Waals surface area (Å²) in [7, 11) is 1.46. The van der Waals surface area contributed by atoms with Gasteiger partial charge in [0, 0.05) is 0 Å². The van der Waals surface area contributed by atoms with Crippen LogP contribution >= 0.6 is 23.5 Å². The summed E-state index contributed by atoms with van der Waals surface area (Å²) >= 11 is 6.22. The van der Waals surface area contributed by atoms with Gasteiger partial charge in [0.1, 0.15) is 0 Å². The number of rotatable bonds is 5. The van der Waals surface area contributed by atoms with Crippen molar-refractivity contribution >= 4 is 89.3 Å². The van der Waals surface area contributed by atoms with Gasteiger partial charge in [-0.25, -0.2) is 0 Å². The first-order valence-electron chi connectivity index (χ1n) is 5.30. The fraction of sp³-hybridized carbons (Fsp3) is 0.364. The number of carbonyl (C=O) groups is 1. The Kier molecular flexibility index (Phi) is 7.80. The van der Waals surface area contributed by atoms with Gasteiger partial charge in [-0.2, -0.15) is 0 Å². The van der Waals surface area contributed by atoms with Gasteiger partial charge in [-0.3, -0.25) is 0 Å². The molecule has 0 N–H and O–H groups in total. The van der Waals surface area contributed by atoms with Gasteiger partial charge in [0.25, 0.3) is 0 Å². The molecule has 2 nitrogen and oxygen atoms in total. The van der Waals surface area contributed by atoms with Gasteiger partial charge in [-0.05, 0) is 0 Å². The number of thioether (sulfide) groups is 2. The van der Waals surface area contributed by atoms with Crippen molar-refractivity contribution in [1.29, 1.82) is 0 Å². The average Bonchev–Trinajstić information content (AvgIpc) is 3.07. The maximum atomic E-state index is 11.1. The summed E-state index contributed by atoms with van der Waals surface area (Å²) in [6.45, 7) is 0. The molecule has 0 aromatic heterocycles.